The highest BCUT2D eigenvalue weighted by Crippen LogP contribution is 2.31. The van der Waals surface area contributed by atoms with Gasteiger partial charge in [-0.25, -0.2) is 0 Å². The van der Waals surface area contributed by atoms with Crippen molar-refractivity contribution >= 4 is 33.5 Å². The quantitative estimate of drug-likeness (QED) is 0.815. The molecule has 0 radical (unpaired) electrons. The van der Waals surface area contributed by atoms with E-state index in [-0.39, 0.29) is 5.91 Å². The zero-order valence-corrected chi connectivity index (χ0v) is 13.1. The molecule has 5 nitrogen and oxygen atoms in total. The number of amides is 1. The van der Waals surface area contributed by atoms with Gasteiger partial charge in [0.15, 0.2) is 0 Å². The molecule has 0 heterocycles. The van der Waals surface area contributed by atoms with E-state index in [1.54, 1.807) is 25.3 Å². The van der Waals surface area contributed by atoms with Crippen molar-refractivity contribution in [2.24, 2.45) is 11.8 Å². The zero-order chi connectivity index (χ0) is 15.4. The summed E-state index contributed by atoms with van der Waals surface area (Å²) in [4.78, 5) is 23.6. The van der Waals surface area contributed by atoms with Crippen molar-refractivity contribution in [2.45, 2.75) is 12.8 Å². The van der Waals surface area contributed by atoms with Crippen molar-refractivity contribution in [3.8, 4) is 5.75 Å². The van der Waals surface area contributed by atoms with Crippen LogP contribution < -0.4 is 10.1 Å². The van der Waals surface area contributed by atoms with E-state index in [0.29, 0.717) is 24.3 Å². The summed E-state index contributed by atoms with van der Waals surface area (Å²) in [5, 5.41) is 12.0. The third-order valence-corrected chi connectivity index (χ3v) is 4.21. The number of hydrogen-bond donors (Lipinski definition) is 2. The highest BCUT2D eigenvalue weighted by molar-refractivity contribution is 9.10. The van der Waals surface area contributed by atoms with Gasteiger partial charge < -0.3 is 15.2 Å². The molecule has 0 saturated heterocycles. The molecule has 0 saturated carbocycles. The lowest BCUT2D eigenvalue weighted by Crippen LogP contribution is -2.34. The number of anilines is 1. The fourth-order valence-electron chi connectivity index (χ4n) is 2.33. The fourth-order valence-corrected chi connectivity index (χ4v) is 2.68. The molecule has 21 heavy (non-hydrogen) atoms. The number of ether oxygens (including phenoxy) is 1. The van der Waals surface area contributed by atoms with E-state index in [4.69, 9.17) is 4.74 Å². The number of aliphatic carboxylic acids is 1. The molecule has 1 amide bonds. The number of carbonyl (C=O) groups excluding carboxylic acids is 1. The highest BCUT2D eigenvalue weighted by atomic mass is 79.9. The molecule has 0 aromatic heterocycles. The topological polar surface area (TPSA) is 75.6 Å². The lowest BCUT2D eigenvalue weighted by Gasteiger charge is -2.24. The van der Waals surface area contributed by atoms with Gasteiger partial charge in [-0.15, -0.1) is 0 Å². The minimum absolute atomic E-state index is 0.291. The molecule has 0 fully saturated rings. The second-order valence-electron chi connectivity index (χ2n) is 4.83. The van der Waals surface area contributed by atoms with Gasteiger partial charge in [0, 0.05) is 10.5 Å². The van der Waals surface area contributed by atoms with Gasteiger partial charge in [0.05, 0.1) is 24.6 Å². The number of allylic oxidation sites excluding steroid dienone is 2. The molecule has 1 aliphatic carbocycles. The fraction of sp³-hybridized carbons (Fsp3) is 0.333. The molecule has 1 aromatic carbocycles. The van der Waals surface area contributed by atoms with Crippen molar-refractivity contribution in [1.82, 2.24) is 0 Å². The largest absolute Gasteiger partial charge is 0.497 e. The molecule has 1 aromatic rings. The van der Waals surface area contributed by atoms with Gasteiger partial charge in [0.25, 0.3) is 0 Å². The summed E-state index contributed by atoms with van der Waals surface area (Å²) in [6, 6.07) is 5.23. The smallest absolute Gasteiger partial charge is 0.307 e. The van der Waals surface area contributed by atoms with Gasteiger partial charge in [0.2, 0.25) is 5.91 Å². The predicted octanol–water partition coefficient (Wildman–Crippen LogP) is 3.06. The molecule has 0 spiro atoms. The number of carboxylic acid groups (broad SMARTS) is 1. The summed E-state index contributed by atoms with van der Waals surface area (Å²) < 4.78 is 5.84. The summed E-state index contributed by atoms with van der Waals surface area (Å²) in [5.74, 6) is -1.86. The Kier molecular flexibility index (Phi) is 5.01. The van der Waals surface area contributed by atoms with Crippen LogP contribution in [0.1, 0.15) is 12.8 Å². The second-order valence-corrected chi connectivity index (χ2v) is 5.68. The number of halogens is 1. The SMILES string of the molecule is COc1ccc(Br)c(NC(=O)[C@@H]2CC=CC[C@@H]2C(=O)O)c1. The maximum atomic E-state index is 12.4. The molecule has 2 atom stereocenters. The minimum atomic E-state index is -0.941. The van der Waals surface area contributed by atoms with E-state index in [0.717, 1.165) is 4.47 Å². The van der Waals surface area contributed by atoms with Crippen LogP contribution in [0.2, 0.25) is 0 Å². The summed E-state index contributed by atoms with van der Waals surface area (Å²) in [6.45, 7) is 0. The Morgan fingerprint density at radius 3 is 2.57 bits per heavy atom. The normalized spacial score (nSPS) is 20.9. The second kappa shape index (κ2) is 6.76. The molecular formula is C15H16BrNO4. The molecule has 2 rings (SSSR count). The monoisotopic (exact) mass is 353 g/mol. The minimum Gasteiger partial charge on any atom is -0.497 e. The summed E-state index contributed by atoms with van der Waals surface area (Å²) in [7, 11) is 1.54. The van der Waals surface area contributed by atoms with Gasteiger partial charge in [0.1, 0.15) is 5.75 Å². The first-order valence-corrected chi connectivity index (χ1v) is 7.34. The third-order valence-electron chi connectivity index (χ3n) is 3.52. The van der Waals surface area contributed by atoms with Crippen molar-refractivity contribution < 1.29 is 19.4 Å². The Labute approximate surface area is 131 Å². The van der Waals surface area contributed by atoms with Crippen LogP contribution in [0.4, 0.5) is 5.69 Å². The first-order chi connectivity index (χ1) is 10.0. The van der Waals surface area contributed by atoms with Crippen molar-refractivity contribution in [3.63, 3.8) is 0 Å². The molecule has 0 bridgehead atoms. The number of hydrogen-bond acceptors (Lipinski definition) is 3. The van der Waals surface area contributed by atoms with E-state index in [2.05, 4.69) is 21.2 Å². The number of methoxy groups -OCH3 is 1. The molecular weight excluding hydrogens is 338 g/mol. The molecule has 6 heteroatoms. The Balaban J connectivity index is 2.17. The first-order valence-electron chi connectivity index (χ1n) is 6.55. The number of carbonyl (C=O) groups is 2. The summed E-state index contributed by atoms with van der Waals surface area (Å²) in [6.07, 6.45) is 4.48. The van der Waals surface area contributed by atoms with Crippen molar-refractivity contribution in [3.05, 3.63) is 34.8 Å². The van der Waals surface area contributed by atoms with E-state index in [1.807, 2.05) is 12.2 Å². The van der Waals surface area contributed by atoms with Gasteiger partial charge in [-0.1, -0.05) is 12.2 Å². The summed E-state index contributed by atoms with van der Waals surface area (Å²) >= 11 is 3.36. The number of carboxylic acids is 1. The maximum Gasteiger partial charge on any atom is 0.307 e. The van der Waals surface area contributed by atoms with Crippen LogP contribution in [0.15, 0.2) is 34.8 Å². The Morgan fingerprint density at radius 1 is 1.29 bits per heavy atom. The van der Waals surface area contributed by atoms with Gasteiger partial charge in [-0.2, -0.15) is 0 Å². The average Bonchev–Trinajstić information content (AvgIpc) is 2.49. The Bertz CT molecular complexity index is 585. The number of benzene rings is 1. The predicted molar refractivity (Wildman–Crippen MR) is 82.3 cm³/mol. The number of rotatable bonds is 4. The standard InChI is InChI=1S/C15H16BrNO4/c1-21-9-6-7-12(16)13(8-9)17-14(18)10-4-2-3-5-11(10)15(19)20/h2-3,6-8,10-11H,4-5H2,1H3,(H,17,18)(H,19,20)/t10-,11+/m1/s1. The van der Waals surface area contributed by atoms with Gasteiger partial charge in [-0.3, -0.25) is 9.59 Å². The molecule has 0 unspecified atom stereocenters. The molecule has 0 aliphatic heterocycles. The van der Waals surface area contributed by atoms with Crippen LogP contribution in [0.5, 0.6) is 5.75 Å². The van der Waals surface area contributed by atoms with Crippen molar-refractivity contribution in [2.75, 3.05) is 12.4 Å². The third kappa shape index (κ3) is 3.64. The van der Waals surface area contributed by atoms with E-state index in [1.165, 1.54) is 0 Å². The van der Waals surface area contributed by atoms with Crippen LogP contribution >= 0.6 is 15.9 Å². The zero-order valence-electron chi connectivity index (χ0n) is 11.5. The molecule has 1 aliphatic rings. The maximum absolute atomic E-state index is 12.4. The van der Waals surface area contributed by atoms with E-state index in [9.17, 15) is 14.7 Å². The van der Waals surface area contributed by atoms with E-state index < -0.39 is 17.8 Å². The Hall–Kier alpha value is -1.82. The highest BCUT2D eigenvalue weighted by Gasteiger charge is 2.34. The number of nitrogens with one attached hydrogen (secondary N) is 1. The Morgan fingerprint density at radius 2 is 1.95 bits per heavy atom. The van der Waals surface area contributed by atoms with Crippen LogP contribution in [0, 0.1) is 11.8 Å². The van der Waals surface area contributed by atoms with Crippen molar-refractivity contribution in [1.29, 1.82) is 0 Å². The summed E-state index contributed by atoms with van der Waals surface area (Å²) in [5.41, 5.74) is 0.568. The first kappa shape index (κ1) is 15.6. The van der Waals surface area contributed by atoms with Crippen LogP contribution in [-0.2, 0) is 9.59 Å². The van der Waals surface area contributed by atoms with Gasteiger partial charge >= 0.3 is 5.97 Å². The molecule has 2 N–H and O–H groups in total. The lowest BCUT2D eigenvalue weighted by atomic mass is 9.82. The van der Waals surface area contributed by atoms with E-state index >= 15 is 0 Å². The van der Waals surface area contributed by atoms with Crippen LogP contribution in [-0.4, -0.2) is 24.1 Å². The van der Waals surface area contributed by atoms with Gasteiger partial charge in [-0.05, 0) is 40.9 Å². The molecule has 112 valence electrons. The average molecular weight is 354 g/mol. The lowest BCUT2D eigenvalue weighted by molar-refractivity contribution is -0.146. The van der Waals surface area contributed by atoms with Crippen LogP contribution in [0.3, 0.4) is 0 Å². The van der Waals surface area contributed by atoms with Crippen LogP contribution in [0.25, 0.3) is 0 Å².